The summed E-state index contributed by atoms with van der Waals surface area (Å²) in [5, 5.41) is 21.3. The van der Waals surface area contributed by atoms with Crippen LogP contribution in [-0.2, 0) is 4.79 Å². The average Bonchev–Trinajstić information content (AvgIpc) is 3.16. The molecule has 3 aromatic carbocycles. The van der Waals surface area contributed by atoms with Crippen LogP contribution in [0.5, 0.6) is 11.5 Å². The average molecular weight is 402 g/mol. The van der Waals surface area contributed by atoms with Crippen molar-refractivity contribution in [3.8, 4) is 11.5 Å². The second kappa shape index (κ2) is 8.08. The quantitative estimate of drug-likeness (QED) is 0.315. The minimum Gasteiger partial charge on any atom is -0.481 e. The summed E-state index contributed by atoms with van der Waals surface area (Å²) in [6.45, 7) is 0. The number of carboxylic acids is 1. The third-order valence-corrected chi connectivity index (χ3v) is 4.90. The summed E-state index contributed by atoms with van der Waals surface area (Å²) in [5.74, 6) is -0.209. The lowest BCUT2D eigenvalue weighted by Gasteiger charge is -2.16. The third kappa shape index (κ3) is 4.00. The molecular formula is C23H18N2O5. The van der Waals surface area contributed by atoms with Gasteiger partial charge in [0.2, 0.25) is 0 Å². The van der Waals surface area contributed by atoms with Crippen LogP contribution in [0.2, 0.25) is 0 Å². The van der Waals surface area contributed by atoms with Crippen molar-refractivity contribution in [2.45, 2.75) is 12.3 Å². The first-order valence-corrected chi connectivity index (χ1v) is 9.31. The number of nitro groups is 1. The van der Waals surface area contributed by atoms with Crippen molar-refractivity contribution < 1.29 is 19.6 Å². The Bertz CT molecular complexity index is 1220. The van der Waals surface area contributed by atoms with E-state index in [1.54, 1.807) is 30.5 Å². The molecule has 1 heterocycles. The lowest BCUT2D eigenvalue weighted by Crippen LogP contribution is -2.08. The topological polar surface area (TPSA) is 105 Å². The normalized spacial score (nSPS) is 11.9. The van der Waals surface area contributed by atoms with Gasteiger partial charge in [-0.2, -0.15) is 0 Å². The highest BCUT2D eigenvalue weighted by atomic mass is 16.6. The first kappa shape index (κ1) is 19.2. The molecule has 0 bridgehead atoms. The van der Waals surface area contributed by atoms with Gasteiger partial charge in [-0.05, 0) is 41.5 Å². The number of rotatable bonds is 7. The summed E-state index contributed by atoms with van der Waals surface area (Å²) in [4.78, 5) is 25.4. The van der Waals surface area contributed by atoms with Gasteiger partial charge in [-0.3, -0.25) is 14.9 Å². The second-order valence-electron chi connectivity index (χ2n) is 6.87. The number of ether oxygens (including phenoxy) is 1. The van der Waals surface area contributed by atoms with E-state index in [1.807, 2.05) is 36.4 Å². The van der Waals surface area contributed by atoms with E-state index in [1.165, 1.54) is 12.1 Å². The maximum Gasteiger partial charge on any atom is 0.304 e. The number of aromatic nitrogens is 1. The lowest BCUT2D eigenvalue weighted by atomic mass is 9.88. The lowest BCUT2D eigenvalue weighted by molar-refractivity contribution is -0.384. The molecule has 7 heteroatoms. The fourth-order valence-corrected chi connectivity index (χ4v) is 3.53. The van der Waals surface area contributed by atoms with Crippen molar-refractivity contribution in [3.63, 3.8) is 0 Å². The van der Waals surface area contributed by atoms with Gasteiger partial charge in [0.1, 0.15) is 11.5 Å². The number of nitrogens with one attached hydrogen (secondary N) is 1. The van der Waals surface area contributed by atoms with Gasteiger partial charge in [0.25, 0.3) is 5.69 Å². The molecule has 0 aliphatic heterocycles. The van der Waals surface area contributed by atoms with E-state index in [0.29, 0.717) is 28.0 Å². The molecule has 1 aromatic heterocycles. The van der Waals surface area contributed by atoms with Crippen LogP contribution in [0.1, 0.15) is 23.5 Å². The van der Waals surface area contributed by atoms with Crippen molar-refractivity contribution in [1.82, 2.24) is 4.98 Å². The number of nitro benzene ring substituents is 1. The standard InChI is InChI=1S/C23H18N2O5/c26-23(27)13-19(21-14-24-22-10-9-16(25(28)29)12-20(21)22)15-5-4-8-18(11-15)30-17-6-2-1-3-7-17/h1-12,14,19,24H,13H2,(H,26,27)/t19-/m1/s1. The number of hydrogen-bond donors (Lipinski definition) is 2. The van der Waals surface area contributed by atoms with Crippen LogP contribution in [-0.4, -0.2) is 21.0 Å². The van der Waals surface area contributed by atoms with Crippen LogP contribution in [0.15, 0.2) is 79.0 Å². The molecular weight excluding hydrogens is 384 g/mol. The number of benzene rings is 3. The summed E-state index contributed by atoms with van der Waals surface area (Å²) in [7, 11) is 0. The molecule has 0 radical (unpaired) electrons. The number of carboxylic acid groups (broad SMARTS) is 1. The van der Waals surface area contributed by atoms with E-state index in [-0.39, 0.29) is 12.1 Å². The van der Waals surface area contributed by atoms with Gasteiger partial charge in [-0.25, -0.2) is 0 Å². The Labute approximate surface area is 171 Å². The van der Waals surface area contributed by atoms with E-state index in [2.05, 4.69) is 4.98 Å². The smallest absolute Gasteiger partial charge is 0.304 e. The van der Waals surface area contributed by atoms with Crippen LogP contribution >= 0.6 is 0 Å². The summed E-state index contributed by atoms with van der Waals surface area (Å²) >= 11 is 0. The van der Waals surface area contributed by atoms with Gasteiger partial charge in [0, 0.05) is 35.2 Å². The van der Waals surface area contributed by atoms with E-state index in [0.717, 1.165) is 5.56 Å². The van der Waals surface area contributed by atoms with Gasteiger partial charge >= 0.3 is 5.97 Å². The molecule has 7 nitrogen and oxygen atoms in total. The monoisotopic (exact) mass is 402 g/mol. The van der Waals surface area contributed by atoms with Crippen molar-refractivity contribution in [2.75, 3.05) is 0 Å². The van der Waals surface area contributed by atoms with Crippen molar-refractivity contribution in [3.05, 3.63) is 100 Å². The maximum absolute atomic E-state index is 11.6. The van der Waals surface area contributed by atoms with E-state index in [9.17, 15) is 20.0 Å². The molecule has 0 aliphatic carbocycles. The van der Waals surface area contributed by atoms with E-state index < -0.39 is 16.8 Å². The minimum atomic E-state index is -0.964. The predicted molar refractivity (Wildman–Crippen MR) is 112 cm³/mol. The number of non-ortho nitro benzene ring substituents is 1. The minimum absolute atomic E-state index is 0.0430. The number of nitrogens with zero attached hydrogens (tertiary/aromatic N) is 1. The van der Waals surface area contributed by atoms with Gasteiger partial charge in [0.15, 0.2) is 0 Å². The van der Waals surface area contributed by atoms with Crippen molar-refractivity contribution >= 4 is 22.6 Å². The molecule has 150 valence electrons. The number of para-hydroxylation sites is 1. The Morgan fingerprint density at radius 3 is 2.53 bits per heavy atom. The van der Waals surface area contributed by atoms with Crippen LogP contribution in [0.3, 0.4) is 0 Å². The summed E-state index contributed by atoms with van der Waals surface area (Å²) in [5.41, 5.74) is 2.10. The SMILES string of the molecule is O=C(O)C[C@H](c1cccc(Oc2ccccc2)c1)c1c[nH]c2ccc([N+](=O)[O-])cc12. The molecule has 30 heavy (non-hydrogen) atoms. The van der Waals surface area contributed by atoms with Crippen LogP contribution in [0, 0.1) is 10.1 Å². The zero-order chi connectivity index (χ0) is 21.1. The van der Waals surface area contributed by atoms with Crippen LogP contribution in [0.25, 0.3) is 10.9 Å². The first-order valence-electron chi connectivity index (χ1n) is 9.31. The number of hydrogen-bond acceptors (Lipinski definition) is 4. The largest absolute Gasteiger partial charge is 0.481 e. The molecule has 0 spiro atoms. The molecule has 0 unspecified atom stereocenters. The molecule has 0 saturated heterocycles. The molecule has 0 fully saturated rings. The molecule has 0 saturated carbocycles. The summed E-state index contributed by atoms with van der Waals surface area (Å²) in [6.07, 6.45) is 1.55. The Kier molecular flexibility index (Phi) is 5.17. The van der Waals surface area contributed by atoms with E-state index >= 15 is 0 Å². The Morgan fingerprint density at radius 2 is 1.80 bits per heavy atom. The van der Waals surface area contributed by atoms with Gasteiger partial charge in [0.05, 0.1) is 11.3 Å². The van der Waals surface area contributed by atoms with Crippen molar-refractivity contribution in [2.24, 2.45) is 0 Å². The highest BCUT2D eigenvalue weighted by molar-refractivity contribution is 5.87. The van der Waals surface area contributed by atoms with Gasteiger partial charge in [-0.1, -0.05) is 30.3 Å². The summed E-state index contributed by atoms with van der Waals surface area (Å²) < 4.78 is 5.89. The van der Waals surface area contributed by atoms with Crippen LogP contribution < -0.4 is 4.74 Å². The van der Waals surface area contributed by atoms with Crippen molar-refractivity contribution in [1.29, 1.82) is 0 Å². The molecule has 0 aliphatic rings. The second-order valence-corrected chi connectivity index (χ2v) is 6.87. The van der Waals surface area contributed by atoms with E-state index in [4.69, 9.17) is 4.74 Å². The zero-order valence-corrected chi connectivity index (χ0v) is 15.8. The molecule has 4 rings (SSSR count). The van der Waals surface area contributed by atoms with Gasteiger partial charge < -0.3 is 14.8 Å². The number of aromatic amines is 1. The Morgan fingerprint density at radius 1 is 1.03 bits per heavy atom. The Balaban J connectivity index is 1.76. The Hall–Kier alpha value is -4.13. The zero-order valence-electron chi connectivity index (χ0n) is 15.8. The number of aliphatic carboxylic acids is 1. The molecule has 2 N–H and O–H groups in total. The fourth-order valence-electron chi connectivity index (χ4n) is 3.53. The maximum atomic E-state index is 11.6. The number of H-pyrrole nitrogens is 1. The predicted octanol–water partition coefficient (Wildman–Crippen LogP) is 5.48. The number of fused-ring (bicyclic) bond motifs is 1. The molecule has 4 aromatic rings. The molecule has 1 atom stereocenters. The molecule has 0 amide bonds. The van der Waals surface area contributed by atoms with Crippen LogP contribution in [0.4, 0.5) is 5.69 Å². The van der Waals surface area contributed by atoms with Gasteiger partial charge in [-0.15, -0.1) is 0 Å². The summed E-state index contributed by atoms with van der Waals surface area (Å²) in [6, 6.07) is 21.1. The highest BCUT2D eigenvalue weighted by Gasteiger charge is 2.23. The fraction of sp³-hybridized carbons (Fsp3) is 0.0870. The first-order chi connectivity index (χ1) is 14.5. The number of carbonyl (C=O) groups is 1. The highest BCUT2D eigenvalue weighted by Crippen LogP contribution is 2.36. The third-order valence-electron chi connectivity index (χ3n) is 4.90.